The van der Waals surface area contributed by atoms with Gasteiger partial charge < -0.3 is 10.2 Å². The summed E-state index contributed by atoms with van der Waals surface area (Å²) in [6, 6.07) is 5.43. The maximum absolute atomic E-state index is 11.8. The summed E-state index contributed by atoms with van der Waals surface area (Å²) < 4.78 is 0. The SMILES string of the molecule is Cc1ccc(NC(=O)CN2CCCC2=O)c(Cl)c1. The van der Waals surface area contributed by atoms with Crippen molar-refractivity contribution < 1.29 is 9.59 Å². The summed E-state index contributed by atoms with van der Waals surface area (Å²) in [4.78, 5) is 24.7. The smallest absolute Gasteiger partial charge is 0.244 e. The first-order valence-corrected chi connectivity index (χ1v) is 6.28. The van der Waals surface area contributed by atoms with E-state index in [0.717, 1.165) is 12.0 Å². The molecule has 1 aliphatic rings. The standard InChI is InChI=1S/C13H15ClN2O2/c1-9-4-5-11(10(14)7-9)15-12(17)8-16-6-2-3-13(16)18/h4-5,7H,2-3,6,8H2,1H3,(H,15,17). The van der Waals surface area contributed by atoms with E-state index < -0.39 is 0 Å². The Labute approximate surface area is 111 Å². The Kier molecular flexibility index (Phi) is 3.87. The van der Waals surface area contributed by atoms with Crippen molar-refractivity contribution in [2.45, 2.75) is 19.8 Å². The fraction of sp³-hybridized carbons (Fsp3) is 0.385. The third-order valence-electron chi connectivity index (χ3n) is 2.90. The van der Waals surface area contributed by atoms with Crippen LogP contribution in [0.15, 0.2) is 18.2 Å². The first-order valence-electron chi connectivity index (χ1n) is 5.90. The number of carbonyl (C=O) groups is 2. The van der Waals surface area contributed by atoms with Gasteiger partial charge in [-0.2, -0.15) is 0 Å². The highest BCUT2D eigenvalue weighted by atomic mass is 35.5. The molecule has 1 fully saturated rings. The normalized spacial score (nSPS) is 15.0. The van der Waals surface area contributed by atoms with Crippen LogP contribution in [0.25, 0.3) is 0 Å². The second kappa shape index (κ2) is 5.40. The van der Waals surface area contributed by atoms with Crippen LogP contribution in [0.3, 0.4) is 0 Å². The topological polar surface area (TPSA) is 49.4 Å². The van der Waals surface area contributed by atoms with Gasteiger partial charge in [-0.15, -0.1) is 0 Å². The van der Waals surface area contributed by atoms with Crippen LogP contribution in [-0.4, -0.2) is 29.8 Å². The minimum absolute atomic E-state index is 0.0418. The quantitative estimate of drug-likeness (QED) is 0.912. The van der Waals surface area contributed by atoms with Crippen molar-refractivity contribution in [1.82, 2.24) is 4.90 Å². The Hall–Kier alpha value is -1.55. The van der Waals surface area contributed by atoms with Gasteiger partial charge in [0.1, 0.15) is 0 Å². The molecular weight excluding hydrogens is 252 g/mol. The molecule has 0 atom stereocenters. The number of aryl methyl sites for hydroxylation is 1. The predicted molar refractivity (Wildman–Crippen MR) is 70.6 cm³/mol. The van der Waals surface area contributed by atoms with Crippen molar-refractivity contribution in [3.63, 3.8) is 0 Å². The van der Waals surface area contributed by atoms with Crippen molar-refractivity contribution in [1.29, 1.82) is 0 Å². The molecule has 5 heteroatoms. The van der Waals surface area contributed by atoms with E-state index in [2.05, 4.69) is 5.32 Å². The maximum atomic E-state index is 11.8. The number of nitrogens with one attached hydrogen (secondary N) is 1. The van der Waals surface area contributed by atoms with Crippen LogP contribution in [0.1, 0.15) is 18.4 Å². The second-order valence-electron chi connectivity index (χ2n) is 4.45. The van der Waals surface area contributed by atoms with E-state index in [-0.39, 0.29) is 18.4 Å². The van der Waals surface area contributed by atoms with Crippen LogP contribution < -0.4 is 5.32 Å². The van der Waals surface area contributed by atoms with Gasteiger partial charge in [0.2, 0.25) is 11.8 Å². The lowest BCUT2D eigenvalue weighted by atomic mass is 10.2. The summed E-state index contributed by atoms with van der Waals surface area (Å²) in [6.45, 7) is 2.69. The number of hydrogen-bond acceptors (Lipinski definition) is 2. The number of halogens is 1. The third-order valence-corrected chi connectivity index (χ3v) is 3.22. The lowest BCUT2D eigenvalue weighted by Crippen LogP contribution is -2.34. The van der Waals surface area contributed by atoms with Gasteiger partial charge in [-0.25, -0.2) is 0 Å². The Bertz CT molecular complexity index is 488. The van der Waals surface area contributed by atoms with Gasteiger partial charge in [0, 0.05) is 13.0 Å². The molecule has 0 unspecified atom stereocenters. The Morgan fingerprint density at radius 1 is 1.50 bits per heavy atom. The number of nitrogens with zero attached hydrogens (tertiary/aromatic N) is 1. The molecule has 0 spiro atoms. The zero-order chi connectivity index (χ0) is 13.1. The lowest BCUT2D eigenvalue weighted by molar-refractivity contribution is -0.131. The molecule has 1 aromatic rings. The van der Waals surface area contributed by atoms with E-state index in [1.165, 1.54) is 0 Å². The van der Waals surface area contributed by atoms with Gasteiger partial charge in [-0.1, -0.05) is 17.7 Å². The van der Waals surface area contributed by atoms with Crippen LogP contribution in [0.5, 0.6) is 0 Å². The fourth-order valence-corrected chi connectivity index (χ4v) is 2.24. The molecule has 96 valence electrons. The van der Waals surface area contributed by atoms with Crippen molar-refractivity contribution in [2.24, 2.45) is 0 Å². The molecule has 1 aromatic carbocycles. The Morgan fingerprint density at radius 2 is 2.28 bits per heavy atom. The van der Waals surface area contributed by atoms with Crippen LogP contribution >= 0.6 is 11.6 Å². The molecule has 0 aliphatic carbocycles. The summed E-state index contributed by atoms with van der Waals surface area (Å²) in [6.07, 6.45) is 1.37. The molecule has 0 bridgehead atoms. The monoisotopic (exact) mass is 266 g/mol. The molecule has 0 aromatic heterocycles. The maximum Gasteiger partial charge on any atom is 0.244 e. The van der Waals surface area contributed by atoms with Gasteiger partial charge in [0.05, 0.1) is 17.3 Å². The number of benzene rings is 1. The van der Waals surface area contributed by atoms with Crippen LogP contribution in [-0.2, 0) is 9.59 Å². The molecule has 2 rings (SSSR count). The van der Waals surface area contributed by atoms with Crippen molar-refractivity contribution in [3.05, 3.63) is 28.8 Å². The Balaban J connectivity index is 1.96. The zero-order valence-corrected chi connectivity index (χ0v) is 11.0. The van der Waals surface area contributed by atoms with Crippen LogP contribution in [0.2, 0.25) is 5.02 Å². The van der Waals surface area contributed by atoms with E-state index in [1.54, 1.807) is 17.0 Å². The highest BCUT2D eigenvalue weighted by Gasteiger charge is 2.22. The summed E-state index contributed by atoms with van der Waals surface area (Å²) in [7, 11) is 0. The molecule has 1 saturated heterocycles. The van der Waals surface area contributed by atoms with E-state index in [1.807, 2.05) is 13.0 Å². The van der Waals surface area contributed by atoms with Crippen molar-refractivity contribution in [2.75, 3.05) is 18.4 Å². The number of carbonyl (C=O) groups excluding carboxylic acids is 2. The van der Waals surface area contributed by atoms with E-state index in [9.17, 15) is 9.59 Å². The molecule has 1 heterocycles. The number of hydrogen-bond donors (Lipinski definition) is 1. The molecule has 0 saturated carbocycles. The van der Waals surface area contributed by atoms with E-state index >= 15 is 0 Å². The number of rotatable bonds is 3. The van der Waals surface area contributed by atoms with Gasteiger partial charge in [0.25, 0.3) is 0 Å². The minimum Gasteiger partial charge on any atom is -0.333 e. The van der Waals surface area contributed by atoms with Gasteiger partial charge in [-0.05, 0) is 31.0 Å². The first-order chi connectivity index (χ1) is 8.56. The summed E-state index contributed by atoms with van der Waals surface area (Å²) >= 11 is 6.02. The first kappa shape index (κ1) is 12.9. The number of anilines is 1. The molecule has 1 aliphatic heterocycles. The lowest BCUT2D eigenvalue weighted by Gasteiger charge is -2.15. The zero-order valence-electron chi connectivity index (χ0n) is 10.2. The fourth-order valence-electron chi connectivity index (χ4n) is 1.96. The van der Waals surface area contributed by atoms with Crippen molar-refractivity contribution >= 4 is 29.1 Å². The second-order valence-corrected chi connectivity index (χ2v) is 4.86. The number of likely N-dealkylation sites (tertiary alicyclic amines) is 1. The largest absolute Gasteiger partial charge is 0.333 e. The summed E-state index contributed by atoms with van der Waals surface area (Å²) in [5.41, 5.74) is 1.62. The van der Waals surface area contributed by atoms with E-state index in [0.29, 0.717) is 23.7 Å². The number of amides is 2. The molecule has 1 N–H and O–H groups in total. The van der Waals surface area contributed by atoms with Gasteiger partial charge >= 0.3 is 0 Å². The predicted octanol–water partition coefficient (Wildman–Crippen LogP) is 2.21. The average Bonchev–Trinajstić information content (AvgIpc) is 2.69. The highest BCUT2D eigenvalue weighted by Crippen LogP contribution is 2.22. The Morgan fingerprint density at radius 3 is 2.89 bits per heavy atom. The molecule has 0 radical (unpaired) electrons. The van der Waals surface area contributed by atoms with E-state index in [4.69, 9.17) is 11.6 Å². The molecule has 2 amide bonds. The van der Waals surface area contributed by atoms with Crippen molar-refractivity contribution in [3.8, 4) is 0 Å². The van der Waals surface area contributed by atoms with Crippen LogP contribution in [0, 0.1) is 6.92 Å². The molecule has 18 heavy (non-hydrogen) atoms. The minimum atomic E-state index is -0.212. The van der Waals surface area contributed by atoms with Gasteiger partial charge in [-0.3, -0.25) is 9.59 Å². The summed E-state index contributed by atoms with van der Waals surface area (Å²) in [5.74, 6) is -0.170. The summed E-state index contributed by atoms with van der Waals surface area (Å²) in [5, 5.41) is 3.23. The third kappa shape index (κ3) is 3.01. The molecule has 4 nitrogen and oxygen atoms in total. The van der Waals surface area contributed by atoms with Crippen LogP contribution in [0.4, 0.5) is 5.69 Å². The molecular formula is C13H15ClN2O2. The average molecular weight is 267 g/mol. The highest BCUT2D eigenvalue weighted by molar-refractivity contribution is 6.33. The van der Waals surface area contributed by atoms with Gasteiger partial charge in [0.15, 0.2) is 0 Å².